The molecule has 0 spiro atoms. The molecule has 13 heteroatoms. The van der Waals surface area contributed by atoms with Gasteiger partial charge in [-0.2, -0.15) is 18.4 Å². The topological polar surface area (TPSA) is 145 Å². The van der Waals surface area contributed by atoms with Crippen molar-refractivity contribution in [1.82, 2.24) is 10.2 Å². The van der Waals surface area contributed by atoms with Crippen LogP contribution in [0.1, 0.15) is 64.5 Å². The van der Waals surface area contributed by atoms with Crippen LogP contribution in [0.4, 0.5) is 18.9 Å². The molecule has 228 valence electrons. The molecule has 41 heavy (non-hydrogen) atoms. The minimum Gasteiger partial charge on any atom is -0.343 e. The molecule has 2 fully saturated rings. The Bertz CT molecular complexity index is 1120. The molecule has 4 N–H and O–H groups in total. The van der Waals surface area contributed by atoms with Crippen molar-refractivity contribution in [2.24, 2.45) is 27.8 Å². The van der Waals surface area contributed by atoms with Gasteiger partial charge in [0.25, 0.3) is 0 Å². The van der Waals surface area contributed by atoms with E-state index >= 15 is 0 Å². The van der Waals surface area contributed by atoms with E-state index in [1.165, 1.54) is 0 Å². The van der Waals surface area contributed by atoms with Gasteiger partial charge in [0.05, 0.1) is 12.0 Å². The van der Waals surface area contributed by atoms with Crippen LogP contribution >= 0.6 is 12.8 Å². The van der Waals surface area contributed by atoms with Gasteiger partial charge in [0.1, 0.15) is 6.04 Å². The lowest BCUT2D eigenvalue weighted by molar-refractivity contribution is -0.156. The molecule has 1 saturated heterocycles. The molecule has 4 atom stereocenters. The minimum absolute atomic E-state index is 0.122. The van der Waals surface area contributed by atoms with Gasteiger partial charge in [-0.25, -0.2) is 0 Å². The standard InChI is InChI=1S/C13H13N3O2.C13H23NO.C2HF3O.H3NS/c1-8-2-3-10-11(5-9(6-14)15-7-17)13(18)16-12(10)4-8;1-12(2,3)6-11(15)14-7-9-10(8-14)13(9,4)5;3-2(4,5)1-6;1-2/h2-4,7,9,11H,5H2,1H3,(H,15,17)(H,16,18);9-10H,6-8H2,1-5H3;1H;2H,1H2/t9-,11?;9-,10+;;/m0.../s1. The van der Waals surface area contributed by atoms with Crippen LogP contribution in [0.2, 0.25) is 0 Å². The number of alkyl halides is 3. The van der Waals surface area contributed by atoms with Crippen molar-refractivity contribution in [3.05, 3.63) is 29.3 Å². The summed E-state index contributed by atoms with van der Waals surface area (Å²) in [4.78, 5) is 45.0. The molecule has 1 aromatic carbocycles. The number of thiol groups is 1. The van der Waals surface area contributed by atoms with Gasteiger partial charge in [-0.15, -0.1) is 12.8 Å². The zero-order valence-corrected chi connectivity index (χ0v) is 25.1. The number of nitrogens with one attached hydrogen (secondary N) is 2. The molecule has 0 radical (unpaired) electrons. The lowest BCUT2D eigenvalue weighted by Crippen LogP contribution is -2.35. The summed E-state index contributed by atoms with van der Waals surface area (Å²) < 4.78 is 31.2. The van der Waals surface area contributed by atoms with E-state index in [1.807, 2.05) is 31.2 Å². The fourth-order valence-electron chi connectivity index (χ4n) is 5.05. The molecule has 1 saturated carbocycles. The number of likely N-dealkylation sites (tertiary alicyclic amines) is 1. The maximum absolute atomic E-state index is 12.0. The predicted octanol–water partition coefficient (Wildman–Crippen LogP) is 4.13. The monoisotopic (exact) mass is 599 g/mol. The van der Waals surface area contributed by atoms with E-state index in [9.17, 15) is 27.6 Å². The number of rotatable bonds is 5. The van der Waals surface area contributed by atoms with Crippen LogP contribution in [-0.2, 0) is 19.2 Å². The zero-order chi connectivity index (χ0) is 31.8. The van der Waals surface area contributed by atoms with Crippen LogP contribution in [0.3, 0.4) is 0 Å². The summed E-state index contributed by atoms with van der Waals surface area (Å²) in [5.41, 5.74) is 3.39. The number of amides is 3. The van der Waals surface area contributed by atoms with Gasteiger partial charge in [0.15, 0.2) is 0 Å². The van der Waals surface area contributed by atoms with Crippen molar-refractivity contribution >= 4 is 43.0 Å². The van der Waals surface area contributed by atoms with Gasteiger partial charge < -0.3 is 15.5 Å². The number of carbonyl (C=O) groups excluding carboxylic acids is 4. The molecule has 1 unspecified atom stereocenters. The first-order chi connectivity index (χ1) is 18.9. The number of nitriles is 1. The Balaban J connectivity index is 0.000000330. The van der Waals surface area contributed by atoms with E-state index in [4.69, 9.17) is 10.1 Å². The van der Waals surface area contributed by atoms with Crippen LogP contribution < -0.4 is 15.8 Å². The number of benzene rings is 1. The van der Waals surface area contributed by atoms with Gasteiger partial charge in [-0.3, -0.25) is 24.3 Å². The number of nitrogens with two attached hydrogens (primary N) is 1. The van der Waals surface area contributed by atoms with Crippen LogP contribution in [0.25, 0.3) is 0 Å². The molecular weight excluding hydrogens is 559 g/mol. The summed E-state index contributed by atoms with van der Waals surface area (Å²) >= 11 is 3.03. The first-order valence-corrected chi connectivity index (χ1v) is 13.5. The maximum atomic E-state index is 12.0. The molecular formula is C28H40F3N5O4S. The highest BCUT2D eigenvalue weighted by atomic mass is 32.1. The number of anilines is 1. The minimum atomic E-state index is -4.64. The molecule has 1 aromatic rings. The number of nitrogens with zero attached hydrogens (tertiary/aromatic N) is 2. The fraction of sp³-hybridized carbons (Fsp3) is 0.607. The van der Waals surface area contributed by atoms with Gasteiger partial charge in [-0.05, 0) is 53.2 Å². The van der Waals surface area contributed by atoms with E-state index in [2.05, 4.69) is 68.1 Å². The summed E-state index contributed by atoms with van der Waals surface area (Å²) in [6.07, 6.45) is -4.24. The Kier molecular flexibility index (Phi) is 12.9. The average molecular weight is 600 g/mol. The molecule has 2 aliphatic heterocycles. The van der Waals surface area contributed by atoms with E-state index in [0.717, 1.165) is 41.7 Å². The van der Waals surface area contributed by atoms with Crippen molar-refractivity contribution in [2.75, 3.05) is 18.4 Å². The lowest BCUT2D eigenvalue weighted by Gasteiger charge is -2.26. The van der Waals surface area contributed by atoms with Gasteiger partial charge in [0.2, 0.25) is 24.5 Å². The van der Waals surface area contributed by atoms with Crippen molar-refractivity contribution in [3.63, 3.8) is 0 Å². The molecule has 2 heterocycles. The molecule has 0 bridgehead atoms. The van der Waals surface area contributed by atoms with Crippen molar-refractivity contribution in [1.29, 1.82) is 5.26 Å². The number of hydrogen-bond donors (Lipinski definition) is 4. The molecule has 9 nitrogen and oxygen atoms in total. The van der Waals surface area contributed by atoms with Crippen molar-refractivity contribution in [2.45, 2.75) is 72.5 Å². The predicted molar refractivity (Wildman–Crippen MR) is 152 cm³/mol. The van der Waals surface area contributed by atoms with E-state index in [-0.39, 0.29) is 23.7 Å². The highest BCUT2D eigenvalue weighted by molar-refractivity contribution is 7.77. The lowest BCUT2D eigenvalue weighted by atomic mass is 9.91. The number of aldehydes is 1. The SMILES string of the molecule is CC(C)(C)CC(=O)N1C[C@@H]2[C@H](C1)C2(C)C.Cc1ccc2c(c1)NC(=O)C2C[C@@H](C#N)NC=O.NS.O=CC(F)(F)F. The number of halogens is 3. The van der Waals surface area contributed by atoms with Crippen molar-refractivity contribution < 1.29 is 32.3 Å². The van der Waals surface area contributed by atoms with Crippen LogP contribution in [-0.4, -0.2) is 54.7 Å². The second-order valence-corrected chi connectivity index (χ2v) is 12.1. The Hall–Kier alpha value is -3.11. The maximum Gasteiger partial charge on any atom is 0.446 e. The zero-order valence-electron chi connectivity index (χ0n) is 24.2. The highest BCUT2D eigenvalue weighted by Crippen LogP contribution is 2.62. The van der Waals surface area contributed by atoms with E-state index in [1.54, 1.807) is 0 Å². The van der Waals surface area contributed by atoms with Gasteiger partial charge in [0, 0.05) is 25.2 Å². The van der Waals surface area contributed by atoms with E-state index < -0.39 is 18.5 Å². The summed E-state index contributed by atoms with van der Waals surface area (Å²) in [7, 11) is 0. The largest absolute Gasteiger partial charge is 0.446 e. The summed E-state index contributed by atoms with van der Waals surface area (Å²) in [5.74, 6) is 1.41. The normalized spacial score (nSPS) is 21.9. The fourth-order valence-corrected chi connectivity index (χ4v) is 5.05. The van der Waals surface area contributed by atoms with Crippen LogP contribution in [0.5, 0.6) is 0 Å². The Morgan fingerprint density at radius 1 is 1.24 bits per heavy atom. The second kappa shape index (κ2) is 14.7. The molecule has 1 aliphatic carbocycles. The highest BCUT2D eigenvalue weighted by Gasteiger charge is 2.62. The molecule has 4 rings (SSSR count). The summed E-state index contributed by atoms with van der Waals surface area (Å²) in [6, 6.07) is 7.05. The third-order valence-corrected chi connectivity index (χ3v) is 7.34. The Labute approximate surface area is 244 Å². The third kappa shape index (κ3) is 10.7. The third-order valence-electron chi connectivity index (χ3n) is 7.34. The molecule has 0 aromatic heterocycles. The molecule has 3 aliphatic rings. The van der Waals surface area contributed by atoms with Crippen LogP contribution in [0, 0.1) is 40.9 Å². The Morgan fingerprint density at radius 2 is 1.78 bits per heavy atom. The van der Waals surface area contributed by atoms with Crippen molar-refractivity contribution in [3.8, 4) is 6.07 Å². The number of piperidine rings is 1. The van der Waals surface area contributed by atoms with Crippen LogP contribution in [0.15, 0.2) is 18.2 Å². The first kappa shape index (κ1) is 35.9. The second-order valence-electron chi connectivity index (χ2n) is 12.1. The summed E-state index contributed by atoms with van der Waals surface area (Å²) in [6.45, 7) is 15.0. The Morgan fingerprint density at radius 3 is 2.22 bits per heavy atom. The first-order valence-electron chi connectivity index (χ1n) is 13.0. The summed E-state index contributed by atoms with van der Waals surface area (Å²) in [5, 5.41) is 18.3. The van der Waals surface area contributed by atoms with Gasteiger partial charge >= 0.3 is 6.18 Å². The quantitative estimate of drug-likeness (QED) is 0.296. The molecule has 3 amide bonds. The number of fused-ring (bicyclic) bond motifs is 2. The average Bonchev–Trinajstić information content (AvgIpc) is 3.21. The number of carbonyl (C=O) groups is 4. The van der Waals surface area contributed by atoms with E-state index in [0.29, 0.717) is 24.2 Å². The number of aryl methyl sites for hydroxylation is 1. The van der Waals surface area contributed by atoms with Gasteiger partial charge in [-0.1, -0.05) is 46.8 Å². The number of hydrogen-bond acceptors (Lipinski definition) is 7. The smallest absolute Gasteiger partial charge is 0.343 e.